The summed E-state index contributed by atoms with van der Waals surface area (Å²) < 4.78 is 11.4. The Kier molecular flexibility index (Phi) is 4.89. The SMILES string of the molecule is C[Si](C)(C)C(CP(=O)(O)O)(c1ccccn1)[Si](C)(C)C. The molecular formula is C13H26NO3PSi2. The Morgan fingerprint density at radius 2 is 1.60 bits per heavy atom. The highest BCUT2D eigenvalue weighted by Gasteiger charge is 2.57. The molecule has 0 atom stereocenters. The Hall–Kier alpha value is -0.266. The third-order valence-corrected chi connectivity index (χ3v) is 16.1. The zero-order chi connectivity index (χ0) is 15.8. The van der Waals surface area contributed by atoms with Crippen molar-refractivity contribution >= 4 is 23.7 Å². The molecule has 0 saturated heterocycles. The largest absolute Gasteiger partial charge is 0.325 e. The first kappa shape index (κ1) is 17.8. The standard InChI is InChI=1S/C13H26NO3PSi2/c1-19(2,3)13(20(4,5)6,11-18(15,16)17)12-9-7-8-10-14-12/h7-10H,11H2,1-6H3,(H2,15,16,17). The molecule has 0 amide bonds. The van der Waals surface area contributed by atoms with E-state index in [4.69, 9.17) is 0 Å². The Morgan fingerprint density at radius 1 is 1.10 bits per heavy atom. The maximum Gasteiger partial charge on any atom is 0.325 e. The van der Waals surface area contributed by atoms with Gasteiger partial charge in [0.15, 0.2) is 0 Å². The van der Waals surface area contributed by atoms with Gasteiger partial charge in [-0.1, -0.05) is 45.3 Å². The van der Waals surface area contributed by atoms with Crippen LogP contribution in [0.3, 0.4) is 0 Å². The van der Waals surface area contributed by atoms with Gasteiger partial charge >= 0.3 is 7.60 Å². The van der Waals surface area contributed by atoms with Crippen molar-refractivity contribution in [2.24, 2.45) is 0 Å². The van der Waals surface area contributed by atoms with Crippen LogP contribution < -0.4 is 0 Å². The summed E-state index contributed by atoms with van der Waals surface area (Å²) in [5, 5.41) is 0. The van der Waals surface area contributed by atoms with E-state index in [0.717, 1.165) is 5.69 Å². The van der Waals surface area contributed by atoms with Crippen molar-refractivity contribution in [2.75, 3.05) is 6.16 Å². The maximum absolute atomic E-state index is 11.8. The van der Waals surface area contributed by atoms with Crippen LogP contribution in [0.25, 0.3) is 0 Å². The molecule has 1 rings (SSSR count). The number of rotatable bonds is 5. The van der Waals surface area contributed by atoms with E-state index >= 15 is 0 Å². The lowest BCUT2D eigenvalue weighted by atomic mass is 10.3. The molecule has 0 bridgehead atoms. The van der Waals surface area contributed by atoms with Crippen molar-refractivity contribution in [1.29, 1.82) is 0 Å². The van der Waals surface area contributed by atoms with Crippen LogP contribution in [0.15, 0.2) is 24.4 Å². The van der Waals surface area contributed by atoms with Gasteiger partial charge in [-0.25, -0.2) is 0 Å². The van der Waals surface area contributed by atoms with Gasteiger partial charge in [0.1, 0.15) is 0 Å². The first-order valence-electron chi connectivity index (χ1n) is 6.77. The van der Waals surface area contributed by atoms with Crippen LogP contribution >= 0.6 is 7.60 Å². The van der Waals surface area contributed by atoms with Crippen molar-refractivity contribution in [3.63, 3.8) is 0 Å². The van der Waals surface area contributed by atoms with E-state index in [0.29, 0.717) is 0 Å². The molecule has 2 N–H and O–H groups in total. The van der Waals surface area contributed by atoms with Crippen LogP contribution in [0.5, 0.6) is 0 Å². The molecule has 0 aliphatic carbocycles. The van der Waals surface area contributed by atoms with E-state index in [-0.39, 0.29) is 6.16 Å². The second kappa shape index (κ2) is 5.50. The van der Waals surface area contributed by atoms with Crippen molar-refractivity contribution in [3.8, 4) is 0 Å². The summed E-state index contributed by atoms with van der Waals surface area (Å²) in [7, 11) is -7.95. The van der Waals surface area contributed by atoms with Crippen molar-refractivity contribution < 1.29 is 14.4 Å². The van der Waals surface area contributed by atoms with Crippen molar-refractivity contribution in [2.45, 2.75) is 43.9 Å². The quantitative estimate of drug-likeness (QED) is 0.642. The highest BCUT2D eigenvalue weighted by atomic mass is 31.2. The van der Waals surface area contributed by atoms with Gasteiger partial charge < -0.3 is 9.79 Å². The van der Waals surface area contributed by atoms with Gasteiger partial charge in [0.2, 0.25) is 0 Å². The Bertz CT molecular complexity index is 489. The Balaban J connectivity index is 3.65. The van der Waals surface area contributed by atoms with Gasteiger partial charge in [0.25, 0.3) is 0 Å². The summed E-state index contributed by atoms with van der Waals surface area (Å²) in [4.78, 5) is 23.8. The first-order chi connectivity index (χ1) is 8.81. The number of aromatic nitrogens is 1. The Labute approximate surface area is 123 Å². The molecule has 0 fully saturated rings. The molecule has 1 aromatic rings. The number of hydrogen-bond donors (Lipinski definition) is 2. The molecule has 1 heterocycles. The molecule has 0 unspecified atom stereocenters. The fourth-order valence-corrected chi connectivity index (χ4v) is 20.0. The second-order valence-corrected chi connectivity index (χ2v) is 20.3. The fourth-order valence-electron chi connectivity index (χ4n) is 3.37. The minimum absolute atomic E-state index is 0.0809. The van der Waals surface area contributed by atoms with Gasteiger partial charge in [-0.05, 0) is 12.1 Å². The molecule has 7 heteroatoms. The maximum atomic E-state index is 11.8. The third kappa shape index (κ3) is 3.49. The third-order valence-electron chi connectivity index (χ3n) is 4.11. The number of nitrogens with zero attached hydrogens (tertiary/aromatic N) is 1. The molecule has 1 aromatic heterocycles. The lowest BCUT2D eigenvalue weighted by Gasteiger charge is -2.51. The summed E-state index contributed by atoms with van der Waals surface area (Å²) in [6, 6.07) is 5.70. The van der Waals surface area contributed by atoms with Crippen LogP contribution in [0.4, 0.5) is 0 Å². The fraction of sp³-hybridized carbons (Fsp3) is 0.615. The zero-order valence-corrected chi connectivity index (χ0v) is 16.1. The van der Waals surface area contributed by atoms with Gasteiger partial charge in [-0.3, -0.25) is 9.55 Å². The van der Waals surface area contributed by atoms with Gasteiger partial charge in [0.05, 0.1) is 22.3 Å². The minimum Gasteiger partial charge on any atom is -0.324 e. The summed E-state index contributed by atoms with van der Waals surface area (Å²) in [6.07, 6.45) is 1.65. The van der Waals surface area contributed by atoms with E-state index in [1.165, 1.54) is 0 Å². The normalized spacial score (nSPS) is 14.4. The predicted octanol–water partition coefficient (Wildman–Crippen LogP) is 3.25. The summed E-state index contributed by atoms with van der Waals surface area (Å²) in [5.74, 6) is 0. The molecule has 0 spiro atoms. The molecule has 0 saturated carbocycles. The van der Waals surface area contributed by atoms with Gasteiger partial charge in [-0.2, -0.15) is 0 Å². The minimum atomic E-state index is -4.12. The number of hydrogen-bond acceptors (Lipinski definition) is 2. The van der Waals surface area contributed by atoms with Crippen LogP contribution in [0.2, 0.25) is 39.3 Å². The lowest BCUT2D eigenvalue weighted by Crippen LogP contribution is -2.66. The molecule has 0 aliphatic heterocycles. The highest BCUT2D eigenvalue weighted by Crippen LogP contribution is 2.51. The number of pyridine rings is 1. The highest BCUT2D eigenvalue weighted by molar-refractivity contribution is 7.52. The monoisotopic (exact) mass is 331 g/mol. The van der Waals surface area contributed by atoms with Gasteiger partial charge in [-0.15, -0.1) is 0 Å². The molecule has 0 radical (unpaired) electrons. The summed E-state index contributed by atoms with van der Waals surface area (Å²) >= 11 is 0. The topological polar surface area (TPSA) is 70.4 Å². The first-order valence-corrected chi connectivity index (χ1v) is 15.6. The molecular weight excluding hydrogens is 305 g/mol. The molecule has 0 aliphatic rings. The van der Waals surface area contributed by atoms with Crippen LogP contribution in [0, 0.1) is 0 Å². The van der Waals surface area contributed by atoms with E-state index in [2.05, 4.69) is 44.3 Å². The summed E-state index contributed by atoms with van der Waals surface area (Å²) in [6.45, 7) is 13.1. The second-order valence-electron chi connectivity index (χ2n) is 7.44. The predicted molar refractivity (Wildman–Crippen MR) is 89.5 cm³/mol. The van der Waals surface area contributed by atoms with Crippen LogP contribution in [0.1, 0.15) is 5.69 Å². The van der Waals surface area contributed by atoms with Crippen LogP contribution in [-0.2, 0) is 9.23 Å². The average Bonchev–Trinajstić information content (AvgIpc) is 2.22. The van der Waals surface area contributed by atoms with E-state index < -0.39 is 28.4 Å². The molecule has 114 valence electrons. The molecule has 4 nitrogen and oxygen atoms in total. The van der Waals surface area contributed by atoms with Crippen molar-refractivity contribution in [1.82, 2.24) is 4.98 Å². The van der Waals surface area contributed by atoms with Crippen molar-refractivity contribution in [3.05, 3.63) is 30.1 Å². The van der Waals surface area contributed by atoms with E-state index in [1.54, 1.807) is 6.20 Å². The Morgan fingerprint density at radius 3 is 1.90 bits per heavy atom. The van der Waals surface area contributed by atoms with E-state index in [1.807, 2.05) is 18.2 Å². The van der Waals surface area contributed by atoms with E-state index in [9.17, 15) is 14.4 Å². The zero-order valence-electron chi connectivity index (χ0n) is 13.2. The average molecular weight is 332 g/mol. The molecule has 20 heavy (non-hydrogen) atoms. The lowest BCUT2D eigenvalue weighted by molar-refractivity contribution is 0.369. The molecule has 0 aromatic carbocycles. The summed E-state index contributed by atoms with van der Waals surface area (Å²) in [5.41, 5.74) is 0.863. The van der Waals surface area contributed by atoms with Crippen LogP contribution in [-0.4, -0.2) is 37.1 Å². The smallest absolute Gasteiger partial charge is 0.324 e. The van der Waals surface area contributed by atoms with Gasteiger partial charge in [0, 0.05) is 16.6 Å².